The van der Waals surface area contributed by atoms with Crippen molar-refractivity contribution in [2.45, 2.75) is 44.6 Å². The van der Waals surface area contributed by atoms with Gasteiger partial charge in [-0.1, -0.05) is 0 Å². The van der Waals surface area contributed by atoms with Gasteiger partial charge in [-0.25, -0.2) is 17.2 Å². The van der Waals surface area contributed by atoms with Crippen molar-refractivity contribution in [3.63, 3.8) is 0 Å². The van der Waals surface area contributed by atoms with Crippen LogP contribution in [-0.2, 0) is 14.8 Å². The molecule has 0 saturated carbocycles. The second kappa shape index (κ2) is 9.95. The molecule has 6 nitrogen and oxygen atoms in total. The van der Waals surface area contributed by atoms with Gasteiger partial charge in [-0.15, -0.1) is 0 Å². The quantitative estimate of drug-likeness (QED) is 0.664. The van der Waals surface area contributed by atoms with Crippen LogP contribution in [0, 0.1) is 17.6 Å². The van der Waals surface area contributed by atoms with Crippen LogP contribution in [0.15, 0.2) is 47.4 Å². The third-order valence-electron chi connectivity index (χ3n) is 5.78. The lowest BCUT2D eigenvalue weighted by atomic mass is 9.97. The summed E-state index contributed by atoms with van der Waals surface area (Å²) in [4.78, 5) is 14.6. The molecule has 1 heterocycles. The normalized spacial score (nSPS) is 15.7. The van der Waals surface area contributed by atoms with Gasteiger partial charge < -0.3 is 10.2 Å². The maximum Gasteiger partial charge on any atom is 0.243 e. The van der Waals surface area contributed by atoms with E-state index in [1.54, 1.807) is 0 Å². The van der Waals surface area contributed by atoms with Gasteiger partial charge in [0.15, 0.2) is 11.6 Å². The summed E-state index contributed by atoms with van der Waals surface area (Å²) in [6.07, 6.45) is 0.702. The van der Waals surface area contributed by atoms with Gasteiger partial charge in [0, 0.05) is 43.0 Å². The zero-order chi connectivity index (χ0) is 23.5. The number of carbonyl (C=O) groups is 1. The number of nitrogens with one attached hydrogen (secondary N) is 1. The minimum absolute atomic E-state index is 0.137. The number of halogens is 2. The van der Waals surface area contributed by atoms with E-state index in [0.717, 1.165) is 24.4 Å². The van der Waals surface area contributed by atoms with Crippen molar-refractivity contribution in [3.8, 4) is 0 Å². The van der Waals surface area contributed by atoms with Crippen LogP contribution in [0.3, 0.4) is 0 Å². The fourth-order valence-corrected chi connectivity index (χ4v) is 5.45. The standard InChI is InChI=1S/C23H29F2N3O3S/c1-4-28(16(2)3)19-7-5-18(6-8-19)26-23(29)17-11-13-27(14-12-17)32(30,31)20-9-10-21(24)22(25)15-20/h5-10,15-17H,4,11-14H2,1-3H3,(H,26,29). The smallest absolute Gasteiger partial charge is 0.243 e. The van der Waals surface area contributed by atoms with E-state index in [-0.39, 0.29) is 29.8 Å². The van der Waals surface area contributed by atoms with Crippen LogP contribution in [0.2, 0.25) is 0 Å². The number of benzene rings is 2. The molecule has 0 spiro atoms. The highest BCUT2D eigenvalue weighted by atomic mass is 32.2. The Kier molecular flexibility index (Phi) is 7.51. The number of nitrogens with zero attached hydrogens (tertiary/aromatic N) is 2. The Hall–Kier alpha value is -2.52. The van der Waals surface area contributed by atoms with Crippen LogP contribution in [0.4, 0.5) is 20.2 Å². The first-order valence-corrected chi connectivity index (χ1v) is 12.2. The third-order valence-corrected chi connectivity index (χ3v) is 7.68. The monoisotopic (exact) mass is 465 g/mol. The van der Waals surface area contributed by atoms with Crippen molar-refractivity contribution >= 4 is 27.3 Å². The average Bonchev–Trinajstić information content (AvgIpc) is 2.77. The Morgan fingerprint density at radius 1 is 1.09 bits per heavy atom. The van der Waals surface area contributed by atoms with Crippen LogP contribution in [0.1, 0.15) is 33.6 Å². The molecule has 0 aromatic heterocycles. The van der Waals surface area contributed by atoms with Crippen LogP contribution in [0.5, 0.6) is 0 Å². The molecule has 0 aliphatic carbocycles. The number of amides is 1. The highest BCUT2D eigenvalue weighted by Crippen LogP contribution is 2.26. The number of carbonyl (C=O) groups excluding carboxylic acids is 1. The molecule has 0 bridgehead atoms. The highest BCUT2D eigenvalue weighted by Gasteiger charge is 2.32. The van der Waals surface area contributed by atoms with Crippen LogP contribution in [-0.4, -0.2) is 44.3 Å². The summed E-state index contributed by atoms with van der Waals surface area (Å²) in [6.45, 7) is 7.50. The van der Waals surface area contributed by atoms with E-state index in [1.165, 1.54) is 4.31 Å². The van der Waals surface area contributed by atoms with Crippen LogP contribution < -0.4 is 10.2 Å². The molecule has 0 atom stereocenters. The summed E-state index contributed by atoms with van der Waals surface area (Å²) >= 11 is 0. The van der Waals surface area contributed by atoms with Crippen LogP contribution in [0.25, 0.3) is 0 Å². The van der Waals surface area contributed by atoms with Gasteiger partial charge in [0.2, 0.25) is 15.9 Å². The van der Waals surface area contributed by atoms with Crippen molar-refractivity contribution in [1.82, 2.24) is 4.31 Å². The van der Waals surface area contributed by atoms with Gasteiger partial charge in [0.1, 0.15) is 0 Å². The molecule has 1 saturated heterocycles. The molecule has 1 amide bonds. The molecule has 0 radical (unpaired) electrons. The number of rotatable bonds is 7. The Morgan fingerprint density at radius 3 is 2.25 bits per heavy atom. The van der Waals surface area contributed by atoms with Crippen molar-refractivity contribution in [3.05, 3.63) is 54.1 Å². The molecule has 32 heavy (non-hydrogen) atoms. The van der Waals surface area contributed by atoms with Crippen molar-refractivity contribution in [2.24, 2.45) is 5.92 Å². The van der Waals surface area contributed by atoms with E-state index in [0.29, 0.717) is 30.6 Å². The lowest BCUT2D eigenvalue weighted by Crippen LogP contribution is -2.41. The summed E-state index contributed by atoms with van der Waals surface area (Å²) in [5.41, 5.74) is 1.77. The van der Waals surface area contributed by atoms with Crippen molar-refractivity contribution < 1.29 is 22.0 Å². The summed E-state index contributed by atoms with van der Waals surface area (Å²) in [5.74, 6) is -2.78. The predicted molar refractivity (Wildman–Crippen MR) is 121 cm³/mol. The summed E-state index contributed by atoms with van der Waals surface area (Å²) in [6, 6.07) is 10.6. The molecular weight excluding hydrogens is 436 g/mol. The first kappa shape index (κ1) is 24.1. The number of hydrogen-bond donors (Lipinski definition) is 1. The predicted octanol–water partition coefficient (Wildman–Crippen LogP) is 4.24. The molecule has 0 unspecified atom stereocenters. The Labute approximate surface area is 188 Å². The molecule has 174 valence electrons. The second-order valence-electron chi connectivity index (χ2n) is 8.17. The average molecular weight is 466 g/mol. The largest absolute Gasteiger partial charge is 0.369 e. The second-order valence-corrected chi connectivity index (χ2v) is 10.1. The lowest BCUT2D eigenvalue weighted by Gasteiger charge is -2.30. The van der Waals surface area contributed by atoms with Gasteiger partial charge in [0.05, 0.1) is 4.90 Å². The fourth-order valence-electron chi connectivity index (χ4n) is 3.97. The lowest BCUT2D eigenvalue weighted by molar-refractivity contribution is -0.120. The maximum atomic E-state index is 13.5. The molecule has 3 rings (SSSR count). The molecule has 2 aromatic carbocycles. The first-order valence-electron chi connectivity index (χ1n) is 10.8. The van der Waals surface area contributed by atoms with Gasteiger partial charge in [-0.3, -0.25) is 4.79 Å². The number of sulfonamides is 1. The van der Waals surface area contributed by atoms with Gasteiger partial charge in [-0.05, 0) is 76.1 Å². The first-order chi connectivity index (χ1) is 15.1. The molecule has 1 N–H and O–H groups in total. The van der Waals surface area contributed by atoms with E-state index in [9.17, 15) is 22.0 Å². The third kappa shape index (κ3) is 5.27. The van der Waals surface area contributed by atoms with Crippen molar-refractivity contribution in [1.29, 1.82) is 0 Å². The fraction of sp³-hybridized carbons (Fsp3) is 0.435. The van der Waals surface area contributed by atoms with E-state index in [2.05, 4.69) is 31.0 Å². The zero-order valence-corrected chi connectivity index (χ0v) is 19.3. The highest BCUT2D eigenvalue weighted by molar-refractivity contribution is 7.89. The summed E-state index contributed by atoms with van der Waals surface area (Å²) in [5, 5.41) is 2.91. The summed E-state index contributed by atoms with van der Waals surface area (Å²) < 4.78 is 53.2. The van der Waals surface area contributed by atoms with E-state index < -0.39 is 21.7 Å². The molecular formula is C23H29F2N3O3S. The summed E-state index contributed by atoms with van der Waals surface area (Å²) in [7, 11) is -3.94. The minimum atomic E-state index is -3.94. The van der Waals surface area contributed by atoms with E-state index in [1.807, 2.05) is 24.3 Å². The molecule has 1 aliphatic rings. The van der Waals surface area contributed by atoms with Gasteiger partial charge >= 0.3 is 0 Å². The SMILES string of the molecule is CCN(c1ccc(NC(=O)C2CCN(S(=O)(=O)c3ccc(F)c(F)c3)CC2)cc1)C(C)C. The number of anilines is 2. The zero-order valence-electron chi connectivity index (χ0n) is 18.5. The van der Waals surface area contributed by atoms with E-state index >= 15 is 0 Å². The Bertz CT molecular complexity index is 1050. The Morgan fingerprint density at radius 2 is 1.72 bits per heavy atom. The van der Waals surface area contributed by atoms with Crippen LogP contribution >= 0.6 is 0 Å². The van der Waals surface area contributed by atoms with E-state index in [4.69, 9.17) is 0 Å². The van der Waals surface area contributed by atoms with Gasteiger partial charge in [-0.2, -0.15) is 4.31 Å². The molecule has 1 fully saturated rings. The molecule has 9 heteroatoms. The minimum Gasteiger partial charge on any atom is -0.369 e. The topological polar surface area (TPSA) is 69.7 Å². The molecule has 1 aliphatic heterocycles. The number of piperidine rings is 1. The molecule has 2 aromatic rings. The maximum absolute atomic E-state index is 13.5. The van der Waals surface area contributed by atoms with Gasteiger partial charge in [0.25, 0.3) is 0 Å². The van der Waals surface area contributed by atoms with Crippen molar-refractivity contribution in [2.75, 3.05) is 29.9 Å². The number of hydrogen-bond acceptors (Lipinski definition) is 4. The Balaban J connectivity index is 1.59.